The predicted molar refractivity (Wildman–Crippen MR) is 46.7 cm³/mol. The Morgan fingerprint density at radius 2 is 2.08 bits per heavy atom. The summed E-state index contributed by atoms with van der Waals surface area (Å²) >= 11 is 0. The Morgan fingerprint density at radius 3 is 2.83 bits per heavy atom. The SMILES string of the molecule is NC(=O)O[C@@H]1CC/C=C/CCC1. The van der Waals surface area contributed by atoms with Gasteiger partial charge >= 0.3 is 6.09 Å². The average Bonchev–Trinajstić information content (AvgIpc) is 1.93. The highest BCUT2D eigenvalue weighted by Gasteiger charge is 2.11. The summed E-state index contributed by atoms with van der Waals surface area (Å²) in [7, 11) is 0. The maximum atomic E-state index is 10.4. The number of ether oxygens (including phenoxy) is 1. The van der Waals surface area contributed by atoms with Crippen LogP contribution in [-0.4, -0.2) is 12.2 Å². The van der Waals surface area contributed by atoms with Gasteiger partial charge in [-0.3, -0.25) is 0 Å². The van der Waals surface area contributed by atoms with Gasteiger partial charge in [0.1, 0.15) is 6.10 Å². The Balaban J connectivity index is 2.32. The van der Waals surface area contributed by atoms with E-state index in [-0.39, 0.29) is 6.10 Å². The van der Waals surface area contributed by atoms with Crippen LogP contribution in [0, 0.1) is 0 Å². The number of allylic oxidation sites excluding steroid dienone is 2. The molecule has 0 aromatic carbocycles. The van der Waals surface area contributed by atoms with Crippen LogP contribution in [-0.2, 0) is 4.74 Å². The van der Waals surface area contributed by atoms with Gasteiger partial charge in [-0.05, 0) is 32.1 Å². The first-order valence-corrected chi connectivity index (χ1v) is 4.40. The molecular weight excluding hydrogens is 154 g/mol. The quantitative estimate of drug-likeness (QED) is 0.610. The van der Waals surface area contributed by atoms with Crippen molar-refractivity contribution in [1.29, 1.82) is 0 Å². The van der Waals surface area contributed by atoms with Gasteiger partial charge in [0.2, 0.25) is 0 Å². The molecule has 1 aliphatic carbocycles. The second-order valence-corrected chi connectivity index (χ2v) is 3.04. The molecule has 0 aromatic heterocycles. The van der Waals surface area contributed by atoms with Gasteiger partial charge in [-0.2, -0.15) is 0 Å². The first-order chi connectivity index (χ1) is 5.79. The summed E-state index contributed by atoms with van der Waals surface area (Å²) in [6, 6.07) is 0. The Labute approximate surface area is 72.6 Å². The van der Waals surface area contributed by atoms with E-state index in [1.54, 1.807) is 0 Å². The number of nitrogens with two attached hydrogens (primary N) is 1. The molecule has 2 N–H and O–H groups in total. The fraction of sp³-hybridized carbons (Fsp3) is 0.667. The molecule has 68 valence electrons. The summed E-state index contributed by atoms with van der Waals surface area (Å²) in [6.45, 7) is 0. The normalized spacial score (nSPS) is 26.8. The lowest BCUT2D eigenvalue weighted by atomic mass is 10.0. The van der Waals surface area contributed by atoms with Gasteiger partial charge < -0.3 is 10.5 Å². The third kappa shape index (κ3) is 3.42. The lowest BCUT2D eigenvalue weighted by Gasteiger charge is -2.16. The minimum absolute atomic E-state index is 0.0347. The number of carbonyl (C=O) groups is 1. The maximum absolute atomic E-state index is 10.4. The number of hydrogen-bond donors (Lipinski definition) is 1. The molecule has 0 aromatic rings. The molecule has 0 fully saturated rings. The Morgan fingerprint density at radius 1 is 1.33 bits per heavy atom. The molecule has 0 saturated carbocycles. The van der Waals surface area contributed by atoms with Crippen LogP contribution >= 0.6 is 0 Å². The van der Waals surface area contributed by atoms with E-state index >= 15 is 0 Å². The van der Waals surface area contributed by atoms with Gasteiger partial charge in [-0.15, -0.1) is 0 Å². The largest absolute Gasteiger partial charge is 0.446 e. The van der Waals surface area contributed by atoms with Crippen LogP contribution in [0.25, 0.3) is 0 Å². The summed E-state index contributed by atoms with van der Waals surface area (Å²) < 4.78 is 4.93. The molecular formula is C9H15NO2. The van der Waals surface area contributed by atoms with Crippen molar-refractivity contribution in [3.63, 3.8) is 0 Å². The van der Waals surface area contributed by atoms with Crippen LogP contribution < -0.4 is 5.73 Å². The van der Waals surface area contributed by atoms with Gasteiger partial charge in [0, 0.05) is 0 Å². The average molecular weight is 169 g/mol. The van der Waals surface area contributed by atoms with E-state index in [2.05, 4.69) is 12.2 Å². The molecule has 1 aliphatic rings. The van der Waals surface area contributed by atoms with E-state index in [4.69, 9.17) is 10.5 Å². The van der Waals surface area contributed by atoms with Crippen molar-refractivity contribution >= 4 is 6.09 Å². The molecule has 3 nitrogen and oxygen atoms in total. The van der Waals surface area contributed by atoms with Crippen LogP contribution in [0.3, 0.4) is 0 Å². The lowest BCUT2D eigenvalue weighted by molar-refractivity contribution is 0.0946. The van der Waals surface area contributed by atoms with Gasteiger partial charge in [0.25, 0.3) is 0 Å². The first-order valence-electron chi connectivity index (χ1n) is 4.40. The molecule has 3 heteroatoms. The lowest BCUT2D eigenvalue weighted by Crippen LogP contribution is -2.22. The van der Waals surface area contributed by atoms with E-state index in [0.29, 0.717) is 0 Å². The number of primary amides is 1. The zero-order chi connectivity index (χ0) is 8.81. The van der Waals surface area contributed by atoms with Gasteiger partial charge in [0.15, 0.2) is 0 Å². The predicted octanol–water partition coefficient (Wildman–Crippen LogP) is 1.97. The first kappa shape index (κ1) is 9.10. The monoisotopic (exact) mass is 169 g/mol. The third-order valence-corrected chi connectivity index (χ3v) is 2.00. The molecule has 0 unspecified atom stereocenters. The third-order valence-electron chi connectivity index (χ3n) is 2.00. The van der Waals surface area contributed by atoms with Gasteiger partial charge in [0.05, 0.1) is 0 Å². The minimum atomic E-state index is -0.649. The zero-order valence-electron chi connectivity index (χ0n) is 7.16. The van der Waals surface area contributed by atoms with E-state index in [1.807, 2.05) is 0 Å². The van der Waals surface area contributed by atoms with Crippen molar-refractivity contribution in [3.8, 4) is 0 Å². The number of amides is 1. The fourth-order valence-electron chi connectivity index (χ4n) is 1.41. The van der Waals surface area contributed by atoms with Crippen LogP contribution in [0.15, 0.2) is 12.2 Å². The molecule has 0 bridgehead atoms. The minimum Gasteiger partial charge on any atom is -0.446 e. The second kappa shape index (κ2) is 4.80. The maximum Gasteiger partial charge on any atom is 0.404 e. The summed E-state index contributed by atoms with van der Waals surface area (Å²) in [5.41, 5.74) is 4.93. The Kier molecular flexibility index (Phi) is 3.64. The second-order valence-electron chi connectivity index (χ2n) is 3.04. The molecule has 12 heavy (non-hydrogen) atoms. The number of rotatable bonds is 1. The van der Waals surface area contributed by atoms with E-state index in [9.17, 15) is 4.79 Å². The highest BCUT2D eigenvalue weighted by molar-refractivity contribution is 5.64. The van der Waals surface area contributed by atoms with Crippen molar-refractivity contribution in [3.05, 3.63) is 12.2 Å². The molecule has 1 rings (SSSR count). The summed E-state index contributed by atoms with van der Waals surface area (Å²) in [5, 5.41) is 0. The van der Waals surface area contributed by atoms with Crippen molar-refractivity contribution in [2.75, 3.05) is 0 Å². The molecule has 0 radical (unpaired) electrons. The molecule has 0 spiro atoms. The van der Waals surface area contributed by atoms with Crippen molar-refractivity contribution in [2.45, 2.75) is 38.2 Å². The fourth-order valence-corrected chi connectivity index (χ4v) is 1.41. The molecule has 1 atom stereocenters. The zero-order valence-corrected chi connectivity index (χ0v) is 7.16. The summed E-state index contributed by atoms with van der Waals surface area (Å²) in [4.78, 5) is 10.4. The molecule has 0 saturated heterocycles. The van der Waals surface area contributed by atoms with Crippen molar-refractivity contribution in [2.24, 2.45) is 5.73 Å². The van der Waals surface area contributed by atoms with Crippen LogP contribution in [0.2, 0.25) is 0 Å². The highest BCUT2D eigenvalue weighted by Crippen LogP contribution is 2.14. The highest BCUT2D eigenvalue weighted by atomic mass is 16.6. The van der Waals surface area contributed by atoms with Crippen LogP contribution in [0.4, 0.5) is 4.79 Å². The van der Waals surface area contributed by atoms with Gasteiger partial charge in [-0.25, -0.2) is 4.79 Å². The Bertz CT molecular complexity index is 177. The number of hydrogen-bond acceptors (Lipinski definition) is 2. The number of carbonyl (C=O) groups excluding carboxylic acids is 1. The van der Waals surface area contributed by atoms with E-state index in [0.717, 1.165) is 32.1 Å². The van der Waals surface area contributed by atoms with Crippen LogP contribution in [0.1, 0.15) is 32.1 Å². The Hall–Kier alpha value is -0.990. The van der Waals surface area contributed by atoms with E-state index in [1.165, 1.54) is 0 Å². The summed E-state index contributed by atoms with van der Waals surface area (Å²) in [6.07, 6.45) is 8.69. The van der Waals surface area contributed by atoms with E-state index < -0.39 is 6.09 Å². The summed E-state index contributed by atoms with van der Waals surface area (Å²) in [5.74, 6) is 0. The van der Waals surface area contributed by atoms with Crippen molar-refractivity contribution < 1.29 is 9.53 Å². The van der Waals surface area contributed by atoms with Gasteiger partial charge in [-0.1, -0.05) is 12.2 Å². The molecule has 1 amide bonds. The smallest absolute Gasteiger partial charge is 0.404 e. The molecule has 0 aliphatic heterocycles. The standard InChI is InChI=1S/C9H15NO2/c10-9(11)12-8-6-4-2-1-3-5-7-8/h1-2,8H,3-7H2,(H2,10,11)/b2-1+/t8-/m1/s1. The molecule has 0 heterocycles. The topological polar surface area (TPSA) is 52.3 Å². The van der Waals surface area contributed by atoms with Crippen molar-refractivity contribution in [1.82, 2.24) is 0 Å². The van der Waals surface area contributed by atoms with Crippen LogP contribution in [0.5, 0.6) is 0 Å².